The Balaban J connectivity index is 1.37. The van der Waals surface area contributed by atoms with Crippen molar-refractivity contribution in [3.05, 3.63) is 29.6 Å². The minimum atomic E-state index is -0.934. The Morgan fingerprint density at radius 2 is 1.96 bits per heavy atom. The van der Waals surface area contributed by atoms with E-state index in [9.17, 15) is 18.4 Å². The monoisotopic (exact) mass is 349 g/mol. The normalized spacial score (nSPS) is 24.3. The molecule has 1 aromatic rings. The fourth-order valence-electron chi connectivity index (χ4n) is 4.01. The number of carbonyl (C=O) groups is 2. The molecule has 2 heterocycles. The number of nitrogens with zero attached hydrogens (tertiary/aromatic N) is 3. The molecule has 2 aliphatic carbocycles. The number of rotatable bonds is 3. The van der Waals surface area contributed by atoms with Gasteiger partial charge in [0.2, 0.25) is 5.91 Å². The van der Waals surface area contributed by atoms with Crippen LogP contribution in [0, 0.1) is 23.0 Å². The number of likely N-dealkylation sites (tertiary alicyclic amines) is 1. The van der Waals surface area contributed by atoms with Crippen molar-refractivity contribution in [2.24, 2.45) is 11.3 Å². The molecule has 2 saturated carbocycles. The van der Waals surface area contributed by atoms with Gasteiger partial charge in [-0.25, -0.2) is 13.8 Å². The maximum atomic E-state index is 13.8. The summed E-state index contributed by atoms with van der Waals surface area (Å²) in [7, 11) is 1.88. The first-order valence-electron chi connectivity index (χ1n) is 8.78. The Kier molecular flexibility index (Phi) is 3.77. The van der Waals surface area contributed by atoms with Crippen LogP contribution in [0.3, 0.4) is 0 Å². The van der Waals surface area contributed by atoms with Crippen LogP contribution in [0.2, 0.25) is 0 Å². The van der Waals surface area contributed by atoms with Crippen molar-refractivity contribution in [1.29, 1.82) is 0 Å². The largest absolute Gasteiger partial charge is 0.343 e. The second-order valence-electron chi connectivity index (χ2n) is 7.58. The van der Waals surface area contributed by atoms with E-state index in [0.717, 1.165) is 38.3 Å². The summed E-state index contributed by atoms with van der Waals surface area (Å²) in [6.07, 6.45) is 5.42. The number of hydrogen-bond acceptors (Lipinski definition) is 3. The summed E-state index contributed by atoms with van der Waals surface area (Å²) in [5, 5.41) is 0. The van der Waals surface area contributed by atoms with Gasteiger partial charge < -0.3 is 9.80 Å². The molecule has 7 heteroatoms. The molecule has 1 aromatic heterocycles. The zero-order valence-corrected chi connectivity index (χ0v) is 14.2. The third kappa shape index (κ3) is 2.89. The van der Waals surface area contributed by atoms with E-state index in [1.165, 1.54) is 0 Å². The molecule has 1 atom stereocenters. The molecule has 1 saturated heterocycles. The standard InChI is InChI=1S/C18H21F2N3O2/c1-22(12-2-3-12)16(24)13-9-18(13)4-6-23(7-5-18)17(25)15-14(20)8-11(19)10-21-15/h8,10,12-13H,2-7,9H2,1H3/t13-/m0/s1. The average molecular weight is 349 g/mol. The van der Waals surface area contributed by atoms with Crippen molar-refractivity contribution in [2.45, 2.75) is 38.1 Å². The SMILES string of the molecule is CN(C(=O)[C@@H]1CC12CCN(C(=O)c1ncc(F)cc1F)CC2)C1CC1. The van der Waals surface area contributed by atoms with Gasteiger partial charge >= 0.3 is 0 Å². The van der Waals surface area contributed by atoms with Gasteiger partial charge in [0, 0.05) is 38.2 Å². The first-order chi connectivity index (χ1) is 11.9. The molecule has 0 aromatic carbocycles. The van der Waals surface area contributed by atoms with E-state index in [1.54, 1.807) is 4.90 Å². The van der Waals surface area contributed by atoms with E-state index in [0.29, 0.717) is 25.2 Å². The summed E-state index contributed by atoms with van der Waals surface area (Å²) in [5.41, 5.74) is -0.333. The van der Waals surface area contributed by atoms with Gasteiger partial charge in [0.15, 0.2) is 11.5 Å². The summed E-state index contributed by atoms with van der Waals surface area (Å²) in [6.45, 7) is 0.961. The molecule has 0 N–H and O–H groups in total. The lowest BCUT2D eigenvalue weighted by Crippen LogP contribution is -2.41. The molecule has 2 amide bonds. The minimum absolute atomic E-state index is 0.00574. The van der Waals surface area contributed by atoms with Crippen molar-refractivity contribution in [1.82, 2.24) is 14.8 Å². The van der Waals surface area contributed by atoms with Gasteiger partial charge in [-0.1, -0.05) is 0 Å². The van der Waals surface area contributed by atoms with E-state index < -0.39 is 17.5 Å². The van der Waals surface area contributed by atoms with Gasteiger partial charge in [-0.2, -0.15) is 0 Å². The van der Waals surface area contributed by atoms with Gasteiger partial charge in [-0.3, -0.25) is 9.59 Å². The van der Waals surface area contributed by atoms with Gasteiger partial charge in [0.1, 0.15) is 5.82 Å². The topological polar surface area (TPSA) is 53.5 Å². The Hall–Kier alpha value is -2.05. The number of aromatic nitrogens is 1. The van der Waals surface area contributed by atoms with Crippen LogP contribution >= 0.6 is 0 Å². The van der Waals surface area contributed by atoms with Crippen LogP contribution in [-0.2, 0) is 4.79 Å². The van der Waals surface area contributed by atoms with E-state index in [2.05, 4.69) is 4.98 Å². The van der Waals surface area contributed by atoms with E-state index in [-0.39, 0.29) is 22.9 Å². The summed E-state index contributed by atoms with van der Waals surface area (Å²) in [6, 6.07) is 1.09. The van der Waals surface area contributed by atoms with E-state index in [1.807, 2.05) is 11.9 Å². The van der Waals surface area contributed by atoms with Crippen molar-refractivity contribution >= 4 is 11.8 Å². The van der Waals surface area contributed by atoms with Crippen molar-refractivity contribution in [2.75, 3.05) is 20.1 Å². The third-order valence-corrected chi connectivity index (χ3v) is 5.99. The third-order valence-electron chi connectivity index (χ3n) is 5.99. The molecular weight excluding hydrogens is 328 g/mol. The molecule has 134 valence electrons. The Morgan fingerprint density at radius 3 is 2.56 bits per heavy atom. The van der Waals surface area contributed by atoms with Crippen LogP contribution in [0.15, 0.2) is 12.3 Å². The predicted molar refractivity (Wildman–Crippen MR) is 85.6 cm³/mol. The van der Waals surface area contributed by atoms with Crippen LogP contribution in [0.25, 0.3) is 0 Å². The number of hydrogen-bond donors (Lipinski definition) is 0. The molecule has 25 heavy (non-hydrogen) atoms. The maximum absolute atomic E-state index is 13.8. The molecule has 5 nitrogen and oxygen atoms in total. The van der Waals surface area contributed by atoms with E-state index >= 15 is 0 Å². The number of piperidine rings is 1. The molecule has 3 aliphatic rings. The molecule has 4 rings (SSSR count). The first kappa shape index (κ1) is 16.4. The highest BCUT2D eigenvalue weighted by molar-refractivity contribution is 5.92. The highest BCUT2D eigenvalue weighted by Gasteiger charge is 2.60. The van der Waals surface area contributed by atoms with Crippen LogP contribution in [0.1, 0.15) is 42.6 Å². The Morgan fingerprint density at radius 1 is 1.28 bits per heavy atom. The van der Waals surface area contributed by atoms with Crippen molar-refractivity contribution in [3.63, 3.8) is 0 Å². The second-order valence-corrected chi connectivity index (χ2v) is 7.58. The fourth-order valence-corrected chi connectivity index (χ4v) is 4.01. The zero-order valence-electron chi connectivity index (χ0n) is 14.2. The number of carbonyl (C=O) groups excluding carboxylic acids is 2. The van der Waals surface area contributed by atoms with Crippen LogP contribution < -0.4 is 0 Å². The lowest BCUT2D eigenvalue weighted by molar-refractivity contribution is -0.132. The molecule has 0 unspecified atom stereocenters. The smallest absolute Gasteiger partial charge is 0.275 e. The van der Waals surface area contributed by atoms with Crippen molar-refractivity contribution in [3.8, 4) is 0 Å². The first-order valence-corrected chi connectivity index (χ1v) is 8.78. The molecule has 0 radical (unpaired) electrons. The second kappa shape index (κ2) is 5.75. The quantitative estimate of drug-likeness (QED) is 0.841. The highest BCUT2D eigenvalue weighted by atomic mass is 19.1. The summed E-state index contributed by atoms with van der Waals surface area (Å²) < 4.78 is 26.7. The van der Waals surface area contributed by atoms with Gasteiger partial charge in [0.25, 0.3) is 5.91 Å². The molecule has 0 bridgehead atoms. The van der Waals surface area contributed by atoms with Crippen LogP contribution in [0.5, 0.6) is 0 Å². The average Bonchev–Trinajstić information content (AvgIpc) is 3.50. The van der Waals surface area contributed by atoms with Crippen LogP contribution in [0.4, 0.5) is 8.78 Å². The Bertz CT molecular complexity index is 727. The predicted octanol–water partition coefficient (Wildman–Crippen LogP) is 2.22. The number of amides is 2. The number of pyridine rings is 1. The van der Waals surface area contributed by atoms with Crippen LogP contribution in [-0.4, -0.2) is 52.8 Å². The zero-order chi connectivity index (χ0) is 17.8. The molecule has 1 spiro atoms. The molecular formula is C18H21F2N3O2. The Labute approximate surface area is 145 Å². The lowest BCUT2D eigenvalue weighted by atomic mass is 9.90. The van der Waals surface area contributed by atoms with Gasteiger partial charge in [0.05, 0.1) is 6.20 Å². The minimum Gasteiger partial charge on any atom is -0.343 e. The molecule has 1 aliphatic heterocycles. The fraction of sp³-hybridized carbons (Fsp3) is 0.611. The summed E-state index contributed by atoms with van der Waals surface area (Å²) >= 11 is 0. The summed E-state index contributed by atoms with van der Waals surface area (Å²) in [5.74, 6) is -1.95. The maximum Gasteiger partial charge on any atom is 0.275 e. The van der Waals surface area contributed by atoms with E-state index in [4.69, 9.17) is 0 Å². The number of halogens is 2. The lowest BCUT2D eigenvalue weighted by Gasteiger charge is -2.33. The summed E-state index contributed by atoms with van der Waals surface area (Å²) in [4.78, 5) is 32.0. The van der Waals surface area contributed by atoms with Crippen molar-refractivity contribution < 1.29 is 18.4 Å². The van der Waals surface area contributed by atoms with Gasteiger partial charge in [-0.05, 0) is 37.5 Å². The highest BCUT2D eigenvalue weighted by Crippen LogP contribution is 2.60. The van der Waals surface area contributed by atoms with Gasteiger partial charge in [-0.15, -0.1) is 0 Å². The molecule has 3 fully saturated rings.